The Morgan fingerprint density at radius 3 is 3.00 bits per heavy atom. The molecule has 92 valence electrons. The Kier molecular flexibility index (Phi) is 3.98. The first-order valence-corrected chi connectivity index (χ1v) is 6.42. The molecule has 0 radical (unpaired) electrons. The smallest absolute Gasteiger partial charge is 0.315 e. The lowest BCUT2D eigenvalue weighted by Crippen LogP contribution is -2.04. The largest absolute Gasteiger partial charge is 0.408 e. The first-order valence-electron chi connectivity index (χ1n) is 5.23. The molecule has 0 bridgehead atoms. The number of anilines is 1. The number of nitrogens with two attached hydrogens (primary N) is 1. The topological polar surface area (TPSA) is 77.0 Å². The molecule has 0 saturated heterocycles. The summed E-state index contributed by atoms with van der Waals surface area (Å²) in [6.07, 6.45) is 0.591. The van der Waals surface area contributed by atoms with Crippen molar-refractivity contribution in [1.82, 2.24) is 10.2 Å². The lowest BCUT2D eigenvalue weighted by atomic mass is 10.3. The number of rotatable bonds is 5. The molecule has 0 spiro atoms. The van der Waals surface area contributed by atoms with Gasteiger partial charge in [-0.25, -0.2) is 0 Å². The van der Waals surface area contributed by atoms with Crippen LogP contribution in [0.2, 0.25) is 4.34 Å². The van der Waals surface area contributed by atoms with Crippen LogP contribution in [0.4, 0.5) is 6.01 Å². The summed E-state index contributed by atoms with van der Waals surface area (Å²) in [5.41, 5.74) is 5.40. The Bertz CT molecular complexity index is 484. The van der Waals surface area contributed by atoms with Crippen LogP contribution in [0, 0.1) is 0 Å². The fourth-order valence-corrected chi connectivity index (χ4v) is 2.42. The van der Waals surface area contributed by atoms with Crippen LogP contribution < -0.4 is 11.1 Å². The molecule has 2 rings (SSSR count). The van der Waals surface area contributed by atoms with E-state index in [0.29, 0.717) is 24.9 Å². The van der Waals surface area contributed by atoms with Crippen molar-refractivity contribution in [2.75, 3.05) is 11.9 Å². The number of hydrogen-bond acceptors (Lipinski definition) is 6. The van der Waals surface area contributed by atoms with E-state index in [0.717, 1.165) is 9.21 Å². The molecule has 17 heavy (non-hydrogen) atoms. The van der Waals surface area contributed by atoms with Crippen molar-refractivity contribution in [3.63, 3.8) is 0 Å². The lowest BCUT2D eigenvalue weighted by Gasteiger charge is -2.08. The number of aromatic nitrogens is 2. The van der Waals surface area contributed by atoms with Gasteiger partial charge in [-0.15, -0.1) is 16.4 Å². The highest BCUT2D eigenvalue weighted by atomic mass is 35.5. The highest BCUT2D eigenvalue weighted by Crippen LogP contribution is 2.28. The summed E-state index contributed by atoms with van der Waals surface area (Å²) < 4.78 is 6.15. The highest BCUT2D eigenvalue weighted by Gasteiger charge is 2.12. The number of hydrogen-bond donors (Lipinski definition) is 2. The molecule has 0 aliphatic heterocycles. The molecule has 1 unspecified atom stereocenters. The molecule has 2 aromatic heterocycles. The number of thiophene rings is 1. The van der Waals surface area contributed by atoms with Crippen LogP contribution >= 0.6 is 22.9 Å². The van der Waals surface area contributed by atoms with Crippen LogP contribution in [0.5, 0.6) is 0 Å². The van der Waals surface area contributed by atoms with Gasteiger partial charge in [0.15, 0.2) is 0 Å². The average molecular weight is 273 g/mol. The van der Waals surface area contributed by atoms with Gasteiger partial charge in [-0.1, -0.05) is 16.7 Å². The van der Waals surface area contributed by atoms with Crippen molar-refractivity contribution in [1.29, 1.82) is 0 Å². The summed E-state index contributed by atoms with van der Waals surface area (Å²) >= 11 is 7.40. The summed E-state index contributed by atoms with van der Waals surface area (Å²) in [7, 11) is 0. The molecule has 5 nitrogen and oxygen atoms in total. The molecule has 0 aromatic carbocycles. The number of halogens is 1. The van der Waals surface area contributed by atoms with Crippen molar-refractivity contribution in [2.45, 2.75) is 19.4 Å². The first kappa shape index (κ1) is 12.3. The van der Waals surface area contributed by atoms with Gasteiger partial charge in [0, 0.05) is 17.8 Å². The molecular weight excluding hydrogens is 260 g/mol. The average Bonchev–Trinajstić information content (AvgIpc) is 2.88. The van der Waals surface area contributed by atoms with Gasteiger partial charge in [0.2, 0.25) is 5.89 Å². The molecule has 3 N–H and O–H groups in total. The summed E-state index contributed by atoms with van der Waals surface area (Å²) in [4.78, 5) is 1.12. The zero-order valence-corrected chi connectivity index (χ0v) is 10.9. The van der Waals surface area contributed by atoms with Gasteiger partial charge in [0.25, 0.3) is 0 Å². The van der Waals surface area contributed by atoms with Gasteiger partial charge >= 0.3 is 6.01 Å². The van der Waals surface area contributed by atoms with E-state index in [2.05, 4.69) is 15.5 Å². The predicted molar refractivity (Wildman–Crippen MR) is 68.4 cm³/mol. The third-order valence-corrected chi connectivity index (χ3v) is 3.60. The van der Waals surface area contributed by atoms with Crippen molar-refractivity contribution in [2.24, 2.45) is 5.73 Å². The van der Waals surface area contributed by atoms with Crippen LogP contribution in [-0.2, 0) is 6.42 Å². The Hall–Kier alpha value is -1.11. The van der Waals surface area contributed by atoms with E-state index in [9.17, 15) is 0 Å². The third kappa shape index (κ3) is 3.18. The van der Waals surface area contributed by atoms with E-state index in [1.54, 1.807) is 0 Å². The monoisotopic (exact) mass is 272 g/mol. The normalized spacial score (nSPS) is 12.6. The van der Waals surface area contributed by atoms with E-state index in [4.69, 9.17) is 21.8 Å². The standard InChI is InChI=1S/C10H13ClN4OS/c1-6(7-2-3-8(11)17-7)13-10-15-14-9(16-10)4-5-12/h2-3,6H,4-5,12H2,1H3,(H,13,15). The van der Waals surface area contributed by atoms with Gasteiger partial charge in [0.1, 0.15) is 0 Å². The summed E-state index contributed by atoms with van der Waals surface area (Å²) in [6.45, 7) is 2.51. The third-order valence-electron chi connectivity index (χ3n) is 2.19. The molecule has 2 heterocycles. The second-order valence-electron chi connectivity index (χ2n) is 3.55. The fourth-order valence-electron chi connectivity index (χ4n) is 1.35. The maximum absolute atomic E-state index is 5.88. The number of nitrogens with zero attached hydrogens (tertiary/aromatic N) is 2. The molecule has 1 atom stereocenters. The van der Waals surface area contributed by atoms with E-state index >= 15 is 0 Å². The molecule has 7 heteroatoms. The molecule has 0 amide bonds. The van der Waals surface area contributed by atoms with Crippen LogP contribution in [-0.4, -0.2) is 16.7 Å². The minimum Gasteiger partial charge on any atom is -0.408 e. The molecule has 0 fully saturated rings. The highest BCUT2D eigenvalue weighted by molar-refractivity contribution is 7.16. The van der Waals surface area contributed by atoms with Crippen LogP contribution in [0.15, 0.2) is 16.5 Å². The van der Waals surface area contributed by atoms with E-state index in [1.807, 2.05) is 19.1 Å². The van der Waals surface area contributed by atoms with Gasteiger partial charge in [-0.2, -0.15) is 0 Å². The predicted octanol–water partition coefficient (Wildman–Crippen LogP) is 2.46. The Balaban J connectivity index is 1.99. The Morgan fingerprint density at radius 1 is 1.53 bits per heavy atom. The number of nitrogens with one attached hydrogen (secondary N) is 1. The van der Waals surface area contributed by atoms with E-state index in [-0.39, 0.29) is 6.04 Å². The zero-order chi connectivity index (χ0) is 12.3. The van der Waals surface area contributed by atoms with E-state index < -0.39 is 0 Å². The van der Waals surface area contributed by atoms with Crippen molar-refractivity contribution >= 4 is 29.0 Å². The maximum Gasteiger partial charge on any atom is 0.315 e. The maximum atomic E-state index is 5.88. The second kappa shape index (κ2) is 5.48. The molecule has 0 aliphatic rings. The quantitative estimate of drug-likeness (QED) is 0.874. The van der Waals surface area contributed by atoms with Crippen LogP contribution in [0.25, 0.3) is 0 Å². The Labute approximate surface area is 108 Å². The Morgan fingerprint density at radius 2 is 2.35 bits per heavy atom. The SMILES string of the molecule is CC(Nc1nnc(CCN)o1)c1ccc(Cl)s1. The van der Waals surface area contributed by atoms with Gasteiger partial charge in [0.05, 0.1) is 10.4 Å². The minimum atomic E-state index is 0.0821. The summed E-state index contributed by atoms with van der Waals surface area (Å²) in [5.74, 6) is 0.548. The molecular formula is C10H13ClN4OS. The van der Waals surface area contributed by atoms with Gasteiger partial charge in [-0.3, -0.25) is 0 Å². The van der Waals surface area contributed by atoms with Crippen molar-refractivity contribution in [3.05, 3.63) is 27.2 Å². The lowest BCUT2D eigenvalue weighted by molar-refractivity contribution is 0.502. The van der Waals surface area contributed by atoms with Crippen LogP contribution in [0.1, 0.15) is 23.7 Å². The van der Waals surface area contributed by atoms with E-state index in [1.165, 1.54) is 11.3 Å². The van der Waals surface area contributed by atoms with Gasteiger partial charge < -0.3 is 15.5 Å². The molecule has 0 aliphatic carbocycles. The zero-order valence-electron chi connectivity index (χ0n) is 9.31. The van der Waals surface area contributed by atoms with Crippen molar-refractivity contribution in [3.8, 4) is 0 Å². The summed E-state index contributed by atoms with van der Waals surface area (Å²) in [6, 6.07) is 4.33. The summed E-state index contributed by atoms with van der Waals surface area (Å²) in [5, 5.41) is 10.9. The minimum absolute atomic E-state index is 0.0821. The fraction of sp³-hybridized carbons (Fsp3) is 0.400. The molecule has 0 saturated carbocycles. The van der Waals surface area contributed by atoms with Gasteiger partial charge in [-0.05, 0) is 19.1 Å². The van der Waals surface area contributed by atoms with Crippen LogP contribution in [0.3, 0.4) is 0 Å². The second-order valence-corrected chi connectivity index (χ2v) is 5.29. The van der Waals surface area contributed by atoms with Crippen molar-refractivity contribution < 1.29 is 4.42 Å². The molecule has 2 aromatic rings. The first-order chi connectivity index (χ1) is 8.19.